The number of carbonyl (C=O) groups is 2. The van der Waals surface area contributed by atoms with Gasteiger partial charge in [0.2, 0.25) is 5.91 Å². The standard InChI is InChI=1S/C26H33FN2O3/c1-3-24(26(31)28-22-9-5-4-6-10-22)29(17-20-12-14-21(27)15-13-20)25(30)18-32-23-11-7-8-19(2)16-23/h7-8,11-16,22,24H,3-6,9-10,17-18H2,1-2H3,(H,28,31). The molecule has 172 valence electrons. The highest BCUT2D eigenvalue weighted by molar-refractivity contribution is 5.88. The molecule has 1 aliphatic rings. The molecular weight excluding hydrogens is 407 g/mol. The molecule has 32 heavy (non-hydrogen) atoms. The zero-order valence-electron chi connectivity index (χ0n) is 19.0. The fourth-order valence-corrected chi connectivity index (χ4v) is 4.18. The minimum Gasteiger partial charge on any atom is -0.484 e. The highest BCUT2D eigenvalue weighted by atomic mass is 19.1. The van der Waals surface area contributed by atoms with Gasteiger partial charge in [0.25, 0.3) is 5.91 Å². The zero-order valence-corrected chi connectivity index (χ0v) is 19.0. The minimum absolute atomic E-state index is 0.134. The SMILES string of the molecule is CCC(C(=O)NC1CCCCC1)N(Cc1ccc(F)cc1)C(=O)COc1cccc(C)c1. The molecule has 0 radical (unpaired) electrons. The van der Waals surface area contributed by atoms with Crippen LogP contribution in [0.15, 0.2) is 48.5 Å². The van der Waals surface area contributed by atoms with Gasteiger partial charge >= 0.3 is 0 Å². The van der Waals surface area contributed by atoms with Crippen molar-refractivity contribution in [2.45, 2.75) is 71.0 Å². The van der Waals surface area contributed by atoms with Crippen molar-refractivity contribution in [1.29, 1.82) is 0 Å². The molecule has 1 atom stereocenters. The first-order valence-corrected chi connectivity index (χ1v) is 11.5. The van der Waals surface area contributed by atoms with E-state index in [0.717, 1.165) is 36.8 Å². The molecule has 0 heterocycles. The van der Waals surface area contributed by atoms with E-state index >= 15 is 0 Å². The Labute approximate surface area is 190 Å². The second kappa shape index (κ2) is 11.7. The third kappa shape index (κ3) is 6.81. The third-order valence-corrected chi connectivity index (χ3v) is 5.96. The fourth-order valence-electron chi connectivity index (χ4n) is 4.18. The number of aryl methyl sites for hydroxylation is 1. The highest BCUT2D eigenvalue weighted by Crippen LogP contribution is 2.19. The van der Waals surface area contributed by atoms with Gasteiger partial charge < -0.3 is 15.0 Å². The van der Waals surface area contributed by atoms with E-state index < -0.39 is 6.04 Å². The van der Waals surface area contributed by atoms with Gasteiger partial charge in [0.15, 0.2) is 6.61 Å². The summed E-state index contributed by atoms with van der Waals surface area (Å²) < 4.78 is 19.1. The lowest BCUT2D eigenvalue weighted by Crippen LogP contribution is -2.52. The van der Waals surface area contributed by atoms with Crippen LogP contribution in [0.25, 0.3) is 0 Å². The largest absolute Gasteiger partial charge is 0.484 e. The van der Waals surface area contributed by atoms with Crippen LogP contribution >= 0.6 is 0 Å². The summed E-state index contributed by atoms with van der Waals surface area (Å²) in [6, 6.07) is 13.1. The van der Waals surface area contributed by atoms with Crippen molar-refractivity contribution in [1.82, 2.24) is 10.2 Å². The van der Waals surface area contributed by atoms with Crippen LogP contribution in [0.2, 0.25) is 0 Å². The van der Waals surface area contributed by atoms with Crippen molar-refractivity contribution in [3.63, 3.8) is 0 Å². The molecule has 0 aromatic heterocycles. The van der Waals surface area contributed by atoms with E-state index in [1.165, 1.54) is 18.6 Å². The van der Waals surface area contributed by atoms with E-state index in [9.17, 15) is 14.0 Å². The van der Waals surface area contributed by atoms with E-state index in [1.54, 1.807) is 23.1 Å². The molecule has 1 aliphatic carbocycles. The number of nitrogens with one attached hydrogen (secondary N) is 1. The molecule has 0 spiro atoms. The summed E-state index contributed by atoms with van der Waals surface area (Å²) >= 11 is 0. The summed E-state index contributed by atoms with van der Waals surface area (Å²) in [6.45, 7) is 3.90. The van der Waals surface area contributed by atoms with Gasteiger partial charge in [0, 0.05) is 12.6 Å². The van der Waals surface area contributed by atoms with Gasteiger partial charge in [0.05, 0.1) is 0 Å². The summed E-state index contributed by atoms with van der Waals surface area (Å²) in [5, 5.41) is 3.15. The van der Waals surface area contributed by atoms with Crippen molar-refractivity contribution >= 4 is 11.8 Å². The van der Waals surface area contributed by atoms with E-state index in [0.29, 0.717) is 12.2 Å². The number of hydrogen-bond acceptors (Lipinski definition) is 3. The quantitative estimate of drug-likeness (QED) is 0.611. The Hall–Kier alpha value is -2.89. The molecule has 1 N–H and O–H groups in total. The van der Waals surface area contributed by atoms with Crippen LogP contribution < -0.4 is 10.1 Å². The minimum atomic E-state index is -0.615. The average Bonchev–Trinajstić information content (AvgIpc) is 2.79. The Morgan fingerprint density at radius 1 is 1.12 bits per heavy atom. The molecule has 3 rings (SSSR count). The zero-order chi connectivity index (χ0) is 22.9. The molecular formula is C26H33FN2O3. The summed E-state index contributed by atoms with van der Waals surface area (Å²) in [7, 11) is 0. The highest BCUT2D eigenvalue weighted by Gasteiger charge is 2.30. The molecule has 1 fully saturated rings. The number of nitrogens with zero attached hydrogens (tertiary/aromatic N) is 1. The second-order valence-corrected chi connectivity index (χ2v) is 8.52. The van der Waals surface area contributed by atoms with Gasteiger partial charge in [-0.15, -0.1) is 0 Å². The van der Waals surface area contributed by atoms with E-state index in [4.69, 9.17) is 4.74 Å². The van der Waals surface area contributed by atoms with E-state index in [1.807, 2.05) is 32.0 Å². The Morgan fingerprint density at radius 2 is 1.84 bits per heavy atom. The number of amides is 2. The maximum Gasteiger partial charge on any atom is 0.261 e. The maximum absolute atomic E-state index is 13.4. The van der Waals surface area contributed by atoms with Crippen LogP contribution in [0.5, 0.6) is 5.75 Å². The van der Waals surface area contributed by atoms with Crippen LogP contribution in [-0.4, -0.2) is 35.4 Å². The van der Waals surface area contributed by atoms with Gasteiger partial charge in [-0.2, -0.15) is 0 Å². The molecule has 1 unspecified atom stereocenters. The number of hydrogen-bond donors (Lipinski definition) is 1. The summed E-state index contributed by atoms with van der Waals surface area (Å²) in [4.78, 5) is 27.9. The number of carbonyl (C=O) groups excluding carboxylic acids is 2. The number of ether oxygens (including phenoxy) is 1. The average molecular weight is 441 g/mol. The molecule has 1 saturated carbocycles. The van der Waals surface area contributed by atoms with Gasteiger partial charge in [-0.25, -0.2) is 4.39 Å². The topological polar surface area (TPSA) is 58.6 Å². The smallest absolute Gasteiger partial charge is 0.261 e. The number of rotatable bonds is 9. The number of halogens is 1. The fraction of sp³-hybridized carbons (Fsp3) is 0.462. The van der Waals surface area contributed by atoms with Crippen LogP contribution in [0.4, 0.5) is 4.39 Å². The normalized spacial score (nSPS) is 15.1. The summed E-state index contributed by atoms with van der Waals surface area (Å²) in [5.74, 6) is -0.136. The first-order chi connectivity index (χ1) is 15.5. The summed E-state index contributed by atoms with van der Waals surface area (Å²) in [5.41, 5.74) is 1.80. The molecule has 2 amide bonds. The molecule has 2 aromatic rings. The van der Waals surface area contributed by atoms with Crippen LogP contribution in [0, 0.1) is 12.7 Å². The molecule has 0 saturated heterocycles. The molecule has 6 heteroatoms. The van der Waals surface area contributed by atoms with Crippen molar-refractivity contribution in [3.8, 4) is 5.75 Å². The van der Waals surface area contributed by atoms with E-state index in [2.05, 4.69) is 5.32 Å². The molecule has 0 bridgehead atoms. The molecule has 5 nitrogen and oxygen atoms in total. The monoisotopic (exact) mass is 440 g/mol. The first-order valence-electron chi connectivity index (χ1n) is 11.5. The Bertz CT molecular complexity index is 894. The Morgan fingerprint density at radius 3 is 2.50 bits per heavy atom. The van der Waals surface area contributed by atoms with Gasteiger partial charge in [-0.1, -0.05) is 50.5 Å². The van der Waals surface area contributed by atoms with Gasteiger partial charge in [-0.3, -0.25) is 9.59 Å². The number of benzene rings is 2. The van der Waals surface area contributed by atoms with Crippen LogP contribution in [0.1, 0.15) is 56.6 Å². The summed E-state index contributed by atoms with van der Waals surface area (Å²) in [6.07, 6.45) is 5.87. The van der Waals surface area contributed by atoms with Crippen LogP contribution in [-0.2, 0) is 16.1 Å². The second-order valence-electron chi connectivity index (χ2n) is 8.52. The predicted molar refractivity (Wildman–Crippen MR) is 123 cm³/mol. The van der Waals surface area contributed by atoms with Crippen LogP contribution in [0.3, 0.4) is 0 Å². The third-order valence-electron chi connectivity index (χ3n) is 5.96. The van der Waals surface area contributed by atoms with E-state index in [-0.39, 0.29) is 36.8 Å². The molecule has 2 aromatic carbocycles. The lowest BCUT2D eigenvalue weighted by atomic mass is 9.95. The van der Waals surface area contributed by atoms with Gasteiger partial charge in [-0.05, 0) is 61.6 Å². The van der Waals surface area contributed by atoms with Crippen molar-refractivity contribution in [2.75, 3.05) is 6.61 Å². The maximum atomic E-state index is 13.4. The Kier molecular flexibility index (Phi) is 8.65. The lowest BCUT2D eigenvalue weighted by molar-refractivity contribution is -0.143. The first kappa shape index (κ1) is 23.8. The van der Waals surface area contributed by atoms with Gasteiger partial charge in [0.1, 0.15) is 17.6 Å². The van der Waals surface area contributed by atoms with Crippen molar-refractivity contribution in [2.24, 2.45) is 0 Å². The molecule has 0 aliphatic heterocycles. The van der Waals surface area contributed by atoms with Crippen molar-refractivity contribution < 1.29 is 18.7 Å². The predicted octanol–water partition coefficient (Wildman–Crippen LogP) is 4.77. The lowest BCUT2D eigenvalue weighted by Gasteiger charge is -2.32. The van der Waals surface area contributed by atoms with Crippen molar-refractivity contribution in [3.05, 3.63) is 65.5 Å². The Balaban J connectivity index is 1.74.